The Morgan fingerprint density at radius 1 is 1.50 bits per heavy atom. The minimum absolute atomic E-state index is 0. The van der Waals surface area contributed by atoms with Crippen molar-refractivity contribution in [2.24, 2.45) is 0 Å². The summed E-state index contributed by atoms with van der Waals surface area (Å²) in [5.41, 5.74) is 0. The van der Waals surface area contributed by atoms with Crippen molar-refractivity contribution >= 4 is 17.4 Å². The molecule has 0 aliphatic heterocycles. The van der Waals surface area contributed by atoms with E-state index in [1.807, 2.05) is 0 Å². The molecule has 4 heteroatoms. The van der Waals surface area contributed by atoms with E-state index in [9.17, 15) is 0 Å². The van der Waals surface area contributed by atoms with Crippen LogP contribution in [0.15, 0.2) is 17.0 Å². The van der Waals surface area contributed by atoms with Crippen LogP contribution in [0.2, 0.25) is 0 Å². The Labute approximate surface area is 45.5 Å². The van der Waals surface area contributed by atoms with Gasteiger partial charge in [-0.2, -0.15) is 0 Å². The molecule has 0 aliphatic carbocycles. The highest BCUT2D eigenvalue weighted by molar-refractivity contribution is 5.75. The van der Waals surface area contributed by atoms with E-state index in [0.29, 0.717) is 0 Å². The molecule has 0 amide bonds. The van der Waals surface area contributed by atoms with Gasteiger partial charge >= 0.3 is 0 Å². The second-order valence-corrected chi connectivity index (χ2v) is 0.588. The fourth-order valence-corrected chi connectivity index (χ4v) is 0.136. The third-order valence-electron chi connectivity index (χ3n) is 0.283. The van der Waals surface area contributed by atoms with Crippen molar-refractivity contribution in [2.45, 2.75) is 0 Å². The lowest BCUT2D eigenvalue weighted by Gasteiger charge is -1.45. The van der Waals surface area contributed by atoms with Gasteiger partial charge < -0.3 is 4.52 Å². The highest BCUT2D eigenvalue weighted by atomic mass is 27.0. The van der Waals surface area contributed by atoms with E-state index in [1.54, 1.807) is 0 Å². The molecule has 1 aromatic heterocycles. The number of nitrogens with zero attached hydrogens (tertiary/aromatic N) is 2. The molecule has 0 N–H and O–H groups in total. The van der Waals surface area contributed by atoms with Crippen molar-refractivity contribution in [2.75, 3.05) is 0 Å². The summed E-state index contributed by atoms with van der Waals surface area (Å²) in [7, 11) is 0. The van der Waals surface area contributed by atoms with E-state index in [4.69, 9.17) is 0 Å². The van der Waals surface area contributed by atoms with Gasteiger partial charge in [0.1, 0.15) is 6.26 Å². The standard InChI is InChI=1S/C2H2N2O.Al.3H/c1-2-5-4-3-1;;;;/h1-2H;;;;. The van der Waals surface area contributed by atoms with Crippen molar-refractivity contribution in [1.82, 2.24) is 10.4 Å². The van der Waals surface area contributed by atoms with Crippen molar-refractivity contribution in [1.29, 1.82) is 0 Å². The smallest absolute Gasteiger partial charge is 0.187 e. The molecule has 6 heavy (non-hydrogen) atoms. The van der Waals surface area contributed by atoms with Gasteiger partial charge in [0, 0.05) is 5.27 Å². The monoisotopic (exact) mass is 100 g/mol. The Balaban J connectivity index is 0.000000250. The third kappa shape index (κ3) is 1.20. The van der Waals surface area contributed by atoms with Gasteiger partial charge in [-0.3, -0.25) is 0 Å². The summed E-state index contributed by atoms with van der Waals surface area (Å²) < 4.78 is 4.22. The van der Waals surface area contributed by atoms with E-state index < -0.39 is 0 Å². The number of aromatic nitrogens is 2. The first-order chi connectivity index (χ1) is 2.50. The second-order valence-electron chi connectivity index (χ2n) is 0.588. The first-order valence-electron chi connectivity index (χ1n) is 1.21. The predicted molar refractivity (Wildman–Crippen MR) is 24.2 cm³/mol. The number of hydrogen-bond donors (Lipinski definition) is 0. The van der Waals surface area contributed by atoms with Crippen molar-refractivity contribution in [3.63, 3.8) is 0 Å². The largest absolute Gasteiger partial charge is 0.346 e. The van der Waals surface area contributed by atoms with Gasteiger partial charge in [0.2, 0.25) is 0 Å². The average Bonchev–Trinajstić information content (AvgIpc) is 1.76. The van der Waals surface area contributed by atoms with Crippen LogP contribution in [0.3, 0.4) is 0 Å². The average molecular weight is 100 g/mol. The summed E-state index contributed by atoms with van der Waals surface area (Å²) in [6, 6.07) is 0. The molecular weight excluding hydrogens is 95.0 g/mol. The minimum Gasteiger partial charge on any atom is -0.346 e. The van der Waals surface area contributed by atoms with Crippen LogP contribution in [0.25, 0.3) is 0 Å². The molecule has 1 heterocycles. The van der Waals surface area contributed by atoms with E-state index >= 15 is 0 Å². The molecule has 0 aromatic carbocycles. The molecule has 0 bridgehead atoms. The Hall–Kier alpha value is -0.328. The number of hydrogen-bond acceptors (Lipinski definition) is 3. The summed E-state index contributed by atoms with van der Waals surface area (Å²) in [4.78, 5) is 0. The molecule has 3 nitrogen and oxygen atoms in total. The van der Waals surface area contributed by atoms with E-state index in [0.717, 1.165) is 0 Å². The first kappa shape index (κ1) is 5.67. The van der Waals surface area contributed by atoms with Crippen LogP contribution >= 0.6 is 0 Å². The molecule has 0 saturated carbocycles. The minimum atomic E-state index is 0. The van der Waals surface area contributed by atoms with E-state index in [1.165, 1.54) is 12.5 Å². The van der Waals surface area contributed by atoms with Gasteiger partial charge in [-0.05, 0) is 0 Å². The van der Waals surface area contributed by atoms with Gasteiger partial charge in [0.05, 0.1) is 6.20 Å². The van der Waals surface area contributed by atoms with Crippen LogP contribution in [0.5, 0.6) is 0 Å². The summed E-state index contributed by atoms with van der Waals surface area (Å²) >= 11 is 0. The summed E-state index contributed by atoms with van der Waals surface area (Å²) in [6.07, 6.45) is 2.88. The SMILES string of the molecule is [AlH3].c1conn1. The zero-order valence-corrected chi connectivity index (χ0v) is 2.46. The van der Waals surface area contributed by atoms with E-state index in [2.05, 4.69) is 14.9 Å². The van der Waals surface area contributed by atoms with Gasteiger partial charge in [-0.15, -0.1) is 5.10 Å². The Morgan fingerprint density at radius 3 is 2.50 bits per heavy atom. The molecule has 0 fully saturated rings. The Morgan fingerprint density at radius 2 is 2.33 bits per heavy atom. The highest BCUT2D eigenvalue weighted by Crippen LogP contribution is 1.64. The molecule has 0 radical (unpaired) electrons. The van der Waals surface area contributed by atoms with Crippen molar-refractivity contribution in [3.8, 4) is 0 Å². The second kappa shape index (κ2) is 2.89. The molecule has 1 aromatic rings. The third-order valence-corrected chi connectivity index (χ3v) is 0.283. The Bertz CT molecular complexity index is 68.0. The molecule has 0 atom stereocenters. The lowest BCUT2D eigenvalue weighted by Crippen LogP contribution is -1.53. The molecule has 1 rings (SSSR count). The van der Waals surface area contributed by atoms with Crippen LogP contribution in [-0.4, -0.2) is 27.7 Å². The number of rotatable bonds is 0. The molecule has 0 aliphatic rings. The predicted octanol–water partition coefficient (Wildman–Crippen LogP) is -1.11. The lowest BCUT2D eigenvalue weighted by atomic mass is 11.0. The van der Waals surface area contributed by atoms with Crippen LogP contribution in [0.1, 0.15) is 0 Å². The summed E-state index contributed by atoms with van der Waals surface area (Å²) in [6.45, 7) is 0. The maximum Gasteiger partial charge on any atom is 0.187 e. The van der Waals surface area contributed by atoms with Gasteiger partial charge in [0.25, 0.3) is 0 Å². The highest BCUT2D eigenvalue weighted by Gasteiger charge is 1.61. The summed E-state index contributed by atoms with van der Waals surface area (Å²) in [5.74, 6) is 0. The topological polar surface area (TPSA) is 38.9 Å². The fourth-order valence-electron chi connectivity index (χ4n) is 0.136. The fraction of sp³-hybridized carbons (Fsp3) is 0. The molecule has 0 unspecified atom stereocenters. The van der Waals surface area contributed by atoms with Crippen molar-refractivity contribution < 1.29 is 4.52 Å². The normalized spacial score (nSPS) is 6.67. The van der Waals surface area contributed by atoms with Crippen LogP contribution in [-0.2, 0) is 0 Å². The molecule has 0 spiro atoms. The maximum atomic E-state index is 4.22. The van der Waals surface area contributed by atoms with Crippen LogP contribution in [0.4, 0.5) is 0 Å². The summed E-state index contributed by atoms with van der Waals surface area (Å²) in [5, 5.41) is 6.40. The lowest BCUT2D eigenvalue weighted by molar-refractivity contribution is 0.393. The zero-order chi connectivity index (χ0) is 3.54. The maximum absolute atomic E-state index is 4.22. The van der Waals surface area contributed by atoms with Gasteiger partial charge in [-0.25, -0.2) is 0 Å². The quantitative estimate of drug-likeness (QED) is 0.388. The first-order valence-corrected chi connectivity index (χ1v) is 1.21. The van der Waals surface area contributed by atoms with Crippen LogP contribution < -0.4 is 0 Å². The van der Waals surface area contributed by atoms with Crippen molar-refractivity contribution in [3.05, 3.63) is 12.5 Å². The molecular formula is C2H5AlN2O. The molecule has 32 valence electrons. The zero-order valence-electron chi connectivity index (χ0n) is 2.46. The molecule has 0 saturated heterocycles. The Kier molecular flexibility index (Phi) is 2.73. The van der Waals surface area contributed by atoms with Crippen LogP contribution in [0, 0.1) is 0 Å². The van der Waals surface area contributed by atoms with E-state index in [-0.39, 0.29) is 17.4 Å². The van der Waals surface area contributed by atoms with Gasteiger partial charge in [-0.1, -0.05) is 0 Å². The van der Waals surface area contributed by atoms with Gasteiger partial charge in [0.15, 0.2) is 17.4 Å².